The third-order valence-electron chi connectivity index (χ3n) is 1.81. The molecule has 1 unspecified atom stereocenters. The van der Waals surface area contributed by atoms with Gasteiger partial charge in [0, 0.05) is 16.7 Å². The molecule has 0 spiro atoms. The molecule has 0 saturated heterocycles. The van der Waals surface area contributed by atoms with E-state index in [1.54, 1.807) is 12.1 Å². The second-order valence-electron chi connectivity index (χ2n) is 3.00. The number of aliphatic hydroxyl groups excluding tert-OH is 1. The molecular weight excluding hydrogens is 279 g/mol. The smallest absolute Gasteiger partial charge is 0.100 e. The molecule has 0 fully saturated rings. The van der Waals surface area contributed by atoms with E-state index in [0.717, 1.165) is 10.2 Å². The van der Waals surface area contributed by atoms with E-state index in [0.29, 0.717) is 12.1 Å². The Morgan fingerprint density at radius 1 is 1.60 bits per heavy atom. The van der Waals surface area contributed by atoms with E-state index in [4.69, 9.17) is 16.9 Å². The van der Waals surface area contributed by atoms with Crippen LogP contribution in [0, 0.1) is 11.3 Å². The molecule has 2 N–H and O–H groups in total. The quantitative estimate of drug-likeness (QED) is 0.837. The molecule has 0 aliphatic rings. The van der Waals surface area contributed by atoms with Crippen molar-refractivity contribution in [3.05, 3.63) is 28.2 Å². The molecule has 0 heterocycles. The summed E-state index contributed by atoms with van der Waals surface area (Å²) in [5, 5.41) is 21.0. The fourth-order valence-corrected chi connectivity index (χ4v) is 1.46. The second-order valence-corrected chi connectivity index (χ2v) is 4.16. The number of halogens is 2. The number of anilines is 1. The SMILES string of the molecule is N#Cc1cc(NCC(O)CCl)ccc1Br. The zero-order valence-electron chi connectivity index (χ0n) is 7.87. The molecule has 1 aromatic rings. The van der Waals surface area contributed by atoms with E-state index in [-0.39, 0.29) is 5.88 Å². The largest absolute Gasteiger partial charge is 0.390 e. The lowest BCUT2D eigenvalue weighted by atomic mass is 10.2. The van der Waals surface area contributed by atoms with Crippen LogP contribution in [0.15, 0.2) is 22.7 Å². The lowest BCUT2D eigenvalue weighted by molar-refractivity contribution is 0.211. The second kappa shape index (κ2) is 5.96. The van der Waals surface area contributed by atoms with Crippen molar-refractivity contribution >= 4 is 33.2 Å². The number of nitriles is 1. The van der Waals surface area contributed by atoms with Crippen LogP contribution in [0.5, 0.6) is 0 Å². The van der Waals surface area contributed by atoms with Gasteiger partial charge in [-0.15, -0.1) is 11.6 Å². The first-order chi connectivity index (χ1) is 7.17. The summed E-state index contributed by atoms with van der Waals surface area (Å²) in [6.07, 6.45) is -0.583. The number of alkyl halides is 1. The molecule has 80 valence electrons. The Morgan fingerprint density at radius 3 is 2.93 bits per heavy atom. The molecule has 5 heteroatoms. The minimum atomic E-state index is -0.583. The molecule has 0 bridgehead atoms. The Balaban J connectivity index is 2.67. The van der Waals surface area contributed by atoms with Crippen molar-refractivity contribution < 1.29 is 5.11 Å². The Hall–Kier alpha value is -0.760. The molecule has 3 nitrogen and oxygen atoms in total. The Labute approximate surface area is 102 Å². The molecule has 1 rings (SSSR count). The highest BCUT2D eigenvalue weighted by atomic mass is 79.9. The molecule has 0 amide bonds. The van der Waals surface area contributed by atoms with Gasteiger partial charge in [0.1, 0.15) is 6.07 Å². The van der Waals surface area contributed by atoms with Gasteiger partial charge in [-0.25, -0.2) is 0 Å². The lowest BCUT2D eigenvalue weighted by Gasteiger charge is -2.10. The summed E-state index contributed by atoms with van der Waals surface area (Å²) in [6.45, 7) is 0.371. The first kappa shape index (κ1) is 12.3. The maximum absolute atomic E-state index is 9.23. The number of benzene rings is 1. The van der Waals surface area contributed by atoms with Crippen molar-refractivity contribution in [3.63, 3.8) is 0 Å². The van der Waals surface area contributed by atoms with Gasteiger partial charge in [-0.1, -0.05) is 0 Å². The molecule has 0 radical (unpaired) electrons. The third-order valence-corrected chi connectivity index (χ3v) is 2.85. The van der Waals surface area contributed by atoms with Crippen LogP contribution in [0.1, 0.15) is 5.56 Å². The Morgan fingerprint density at radius 2 is 2.33 bits per heavy atom. The predicted octanol–water partition coefficient (Wildman–Crippen LogP) is 2.33. The van der Waals surface area contributed by atoms with Crippen molar-refractivity contribution in [2.75, 3.05) is 17.7 Å². The van der Waals surface area contributed by atoms with Crippen LogP contribution < -0.4 is 5.32 Å². The molecule has 0 aliphatic heterocycles. The van der Waals surface area contributed by atoms with Crippen LogP contribution in [0.3, 0.4) is 0 Å². The van der Waals surface area contributed by atoms with Gasteiger partial charge in [0.25, 0.3) is 0 Å². The van der Waals surface area contributed by atoms with Crippen molar-refractivity contribution in [2.24, 2.45) is 0 Å². The minimum Gasteiger partial charge on any atom is -0.390 e. The number of hydrogen-bond donors (Lipinski definition) is 2. The summed E-state index contributed by atoms with van der Waals surface area (Å²) in [6, 6.07) is 7.39. The fraction of sp³-hybridized carbons (Fsp3) is 0.300. The van der Waals surface area contributed by atoms with Crippen LogP contribution in [0.4, 0.5) is 5.69 Å². The molecule has 15 heavy (non-hydrogen) atoms. The highest BCUT2D eigenvalue weighted by Crippen LogP contribution is 2.20. The Kier molecular flexibility index (Phi) is 4.89. The van der Waals surface area contributed by atoms with E-state index in [1.165, 1.54) is 0 Å². The minimum absolute atomic E-state index is 0.189. The molecule has 0 saturated carbocycles. The molecule has 0 aromatic heterocycles. The summed E-state index contributed by atoms with van der Waals surface area (Å²) in [4.78, 5) is 0. The lowest BCUT2D eigenvalue weighted by Crippen LogP contribution is -2.20. The van der Waals surface area contributed by atoms with Crippen molar-refractivity contribution in [1.82, 2.24) is 0 Å². The third kappa shape index (κ3) is 3.71. The normalized spacial score (nSPS) is 11.9. The molecular formula is C10H10BrClN2O. The van der Waals surface area contributed by atoms with Gasteiger partial charge in [-0.3, -0.25) is 0 Å². The topological polar surface area (TPSA) is 56.0 Å². The summed E-state index contributed by atoms with van der Waals surface area (Å²) in [7, 11) is 0. The average molecular weight is 290 g/mol. The average Bonchev–Trinajstić information content (AvgIpc) is 2.27. The van der Waals surface area contributed by atoms with Gasteiger partial charge in [-0.2, -0.15) is 5.26 Å². The monoisotopic (exact) mass is 288 g/mol. The number of aliphatic hydroxyl groups is 1. The number of hydrogen-bond acceptors (Lipinski definition) is 3. The van der Waals surface area contributed by atoms with Crippen LogP contribution in [0.25, 0.3) is 0 Å². The number of rotatable bonds is 4. The maximum atomic E-state index is 9.23. The van der Waals surface area contributed by atoms with Crippen molar-refractivity contribution in [2.45, 2.75) is 6.10 Å². The zero-order valence-corrected chi connectivity index (χ0v) is 10.2. The van der Waals surface area contributed by atoms with Crippen LogP contribution >= 0.6 is 27.5 Å². The van der Waals surface area contributed by atoms with Crippen molar-refractivity contribution in [3.8, 4) is 6.07 Å². The number of nitrogens with one attached hydrogen (secondary N) is 1. The van der Waals surface area contributed by atoms with E-state index >= 15 is 0 Å². The fourth-order valence-electron chi connectivity index (χ4n) is 1.01. The van der Waals surface area contributed by atoms with Crippen LogP contribution in [-0.2, 0) is 0 Å². The summed E-state index contributed by atoms with van der Waals surface area (Å²) in [5.41, 5.74) is 1.35. The van der Waals surface area contributed by atoms with E-state index < -0.39 is 6.10 Å². The molecule has 1 aromatic carbocycles. The zero-order chi connectivity index (χ0) is 11.3. The van der Waals surface area contributed by atoms with E-state index in [1.807, 2.05) is 6.07 Å². The highest BCUT2D eigenvalue weighted by Gasteiger charge is 2.03. The summed E-state index contributed by atoms with van der Waals surface area (Å²) in [5.74, 6) is 0.189. The van der Waals surface area contributed by atoms with Crippen molar-refractivity contribution in [1.29, 1.82) is 5.26 Å². The maximum Gasteiger partial charge on any atom is 0.100 e. The standard InChI is InChI=1S/C10H10BrClN2O/c11-10-2-1-8(3-7(10)5-13)14-6-9(15)4-12/h1-3,9,14-15H,4,6H2. The predicted molar refractivity (Wildman–Crippen MR) is 64.1 cm³/mol. The van der Waals surface area contributed by atoms with Gasteiger partial charge in [0.15, 0.2) is 0 Å². The van der Waals surface area contributed by atoms with E-state index in [9.17, 15) is 5.11 Å². The molecule has 0 aliphatic carbocycles. The van der Waals surface area contributed by atoms with Gasteiger partial charge in [-0.05, 0) is 34.1 Å². The van der Waals surface area contributed by atoms with Gasteiger partial charge in [0.2, 0.25) is 0 Å². The summed E-state index contributed by atoms with van der Waals surface area (Å²) >= 11 is 8.72. The first-order valence-corrected chi connectivity index (χ1v) is 5.67. The van der Waals surface area contributed by atoms with Crippen LogP contribution in [0.2, 0.25) is 0 Å². The number of nitrogens with zero attached hydrogens (tertiary/aromatic N) is 1. The van der Waals surface area contributed by atoms with Gasteiger partial charge < -0.3 is 10.4 Å². The van der Waals surface area contributed by atoms with Crippen LogP contribution in [-0.4, -0.2) is 23.6 Å². The summed E-state index contributed by atoms with van der Waals surface area (Å²) < 4.78 is 0.758. The molecule has 1 atom stereocenters. The van der Waals surface area contributed by atoms with E-state index in [2.05, 4.69) is 27.3 Å². The highest BCUT2D eigenvalue weighted by molar-refractivity contribution is 9.10. The van der Waals surface area contributed by atoms with Gasteiger partial charge >= 0.3 is 0 Å². The first-order valence-electron chi connectivity index (χ1n) is 4.35. The Bertz CT molecular complexity index is 378. The van der Waals surface area contributed by atoms with Gasteiger partial charge in [0.05, 0.1) is 17.5 Å².